The molecule has 1 saturated heterocycles. The number of anilines is 1. The van der Waals surface area contributed by atoms with Gasteiger partial charge in [-0.2, -0.15) is 0 Å². The lowest BCUT2D eigenvalue weighted by molar-refractivity contribution is -0.163. The largest absolute Gasteiger partial charge is 0.368 e. The molecule has 1 spiro atoms. The van der Waals surface area contributed by atoms with Crippen molar-refractivity contribution in [1.29, 1.82) is 0 Å². The van der Waals surface area contributed by atoms with E-state index >= 15 is 0 Å². The van der Waals surface area contributed by atoms with Crippen LogP contribution in [0.4, 0.5) is 5.82 Å². The lowest BCUT2D eigenvalue weighted by Crippen LogP contribution is -2.36. The number of aromatic nitrogens is 3. The van der Waals surface area contributed by atoms with E-state index in [1.165, 1.54) is 16.0 Å². The number of benzene rings is 1. The molecule has 3 aromatic heterocycles. The zero-order valence-electron chi connectivity index (χ0n) is 18.9. The molecule has 1 atom stereocenters. The second-order valence-electron chi connectivity index (χ2n) is 8.93. The van der Waals surface area contributed by atoms with Crippen LogP contribution in [-0.4, -0.2) is 46.5 Å². The normalized spacial score (nSPS) is 17.7. The van der Waals surface area contributed by atoms with E-state index in [0.29, 0.717) is 25.6 Å². The molecule has 0 saturated carbocycles. The van der Waals surface area contributed by atoms with E-state index in [4.69, 9.17) is 25.2 Å². The molecule has 1 aromatic carbocycles. The Bertz CT molecular complexity index is 1290. The fourth-order valence-corrected chi connectivity index (χ4v) is 6.18. The van der Waals surface area contributed by atoms with E-state index in [1.54, 1.807) is 23.7 Å². The van der Waals surface area contributed by atoms with Gasteiger partial charge in [0.1, 0.15) is 10.6 Å². The summed E-state index contributed by atoms with van der Waals surface area (Å²) in [5.41, 5.74) is 9.98. The first-order valence-electron chi connectivity index (χ1n) is 11.7. The van der Waals surface area contributed by atoms with Crippen LogP contribution in [0, 0.1) is 0 Å². The molecule has 0 bridgehead atoms. The topological polar surface area (TPSA) is 95.2 Å². The Morgan fingerprint density at radius 3 is 2.65 bits per heavy atom. The number of hydrogen-bond donors (Lipinski definition) is 2. The molecular formula is C26H27N5O2S. The van der Waals surface area contributed by atoms with Crippen molar-refractivity contribution in [3.05, 3.63) is 70.9 Å². The van der Waals surface area contributed by atoms with Crippen LogP contribution in [0.2, 0.25) is 0 Å². The smallest absolute Gasteiger partial charge is 0.173 e. The lowest BCUT2D eigenvalue weighted by Gasteiger charge is -2.31. The van der Waals surface area contributed by atoms with Crippen LogP contribution < -0.4 is 11.1 Å². The van der Waals surface area contributed by atoms with Gasteiger partial charge in [-0.1, -0.05) is 30.3 Å². The molecule has 6 rings (SSSR count). The zero-order valence-corrected chi connectivity index (χ0v) is 19.7. The Morgan fingerprint density at radius 1 is 1.06 bits per heavy atom. The molecule has 0 radical (unpaired) electrons. The third kappa shape index (κ3) is 4.18. The van der Waals surface area contributed by atoms with Crippen LogP contribution in [0.5, 0.6) is 0 Å². The van der Waals surface area contributed by atoms with Crippen molar-refractivity contribution in [2.45, 2.75) is 37.5 Å². The van der Waals surface area contributed by atoms with Crippen molar-refractivity contribution < 1.29 is 9.47 Å². The number of hydrogen-bond acceptors (Lipinski definition) is 8. The van der Waals surface area contributed by atoms with Crippen molar-refractivity contribution in [2.24, 2.45) is 5.73 Å². The molecule has 1 fully saturated rings. The Morgan fingerprint density at radius 2 is 1.85 bits per heavy atom. The summed E-state index contributed by atoms with van der Waals surface area (Å²) < 4.78 is 12.0. The third-order valence-corrected chi connectivity index (χ3v) is 7.67. The monoisotopic (exact) mass is 473 g/mol. The SMILES string of the molecule is N[C@H](CNc1nc(-c2ccncc2)nc2sc3c(c12)CCC1(C3)OCCO1)Cc1ccccc1. The van der Waals surface area contributed by atoms with Crippen LogP contribution in [0.25, 0.3) is 21.6 Å². The van der Waals surface area contributed by atoms with Gasteiger partial charge in [-0.25, -0.2) is 9.97 Å². The first-order chi connectivity index (χ1) is 16.7. The van der Waals surface area contributed by atoms with Crippen molar-refractivity contribution in [2.75, 3.05) is 25.1 Å². The Balaban J connectivity index is 1.34. The highest BCUT2D eigenvalue weighted by Gasteiger charge is 2.41. The summed E-state index contributed by atoms with van der Waals surface area (Å²) in [7, 11) is 0. The van der Waals surface area contributed by atoms with Gasteiger partial charge >= 0.3 is 0 Å². The third-order valence-electron chi connectivity index (χ3n) is 6.54. The maximum atomic E-state index is 6.49. The predicted octanol–water partition coefficient (Wildman–Crippen LogP) is 3.97. The molecule has 4 aromatic rings. The van der Waals surface area contributed by atoms with Crippen molar-refractivity contribution in [1.82, 2.24) is 15.0 Å². The summed E-state index contributed by atoms with van der Waals surface area (Å²) in [5.74, 6) is 1.07. The average Bonchev–Trinajstić information content (AvgIpc) is 3.47. The molecule has 0 amide bonds. The van der Waals surface area contributed by atoms with Gasteiger partial charge in [0.2, 0.25) is 0 Å². The van der Waals surface area contributed by atoms with E-state index in [-0.39, 0.29) is 6.04 Å². The van der Waals surface area contributed by atoms with Crippen molar-refractivity contribution >= 4 is 27.4 Å². The van der Waals surface area contributed by atoms with Gasteiger partial charge in [-0.3, -0.25) is 4.98 Å². The zero-order chi connectivity index (χ0) is 23.0. The Kier molecular flexibility index (Phi) is 5.74. The van der Waals surface area contributed by atoms with E-state index in [1.807, 2.05) is 30.3 Å². The van der Waals surface area contributed by atoms with Gasteiger partial charge < -0.3 is 20.5 Å². The lowest BCUT2D eigenvalue weighted by atomic mass is 9.92. The number of aryl methyl sites for hydroxylation is 1. The highest BCUT2D eigenvalue weighted by Crippen LogP contribution is 2.44. The Hall–Kier alpha value is -2.91. The molecule has 0 unspecified atom stereocenters. The molecule has 1 aliphatic carbocycles. The van der Waals surface area contributed by atoms with E-state index < -0.39 is 5.79 Å². The highest BCUT2D eigenvalue weighted by molar-refractivity contribution is 7.19. The highest BCUT2D eigenvalue weighted by atomic mass is 32.1. The quantitative estimate of drug-likeness (QED) is 0.438. The standard InChI is InChI=1S/C26H27N5O2S/c27-19(14-17-4-2-1-3-5-17)16-29-24-22-20-6-9-26(32-12-13-33-26)15-21(20)34-25(22)31-23(30-24)18-7-10-28-11-8-18/h1-5,7-8,10-11,19H,6,9,12-16,27H2,(H,29,30,31)/t19-/m0/s1. The number of nitrogens with zero attached hydrogens (tertiary/aromatic N) is 3. The molecular weight excluding hydrogens is 446 g/mol. The van der Waals surface area contributed by atoms with E-state index in [0.717, 1.165) is 47.3 Å². The summed E-state index contributed by atoms with van der Waals surface area (Å²) in [6.07, 6.45) is 6.84. The number of nitrogens with two attached hydrogens (primary N) is 1. The second-order valence-corrected chi connectivity index (χ2v) is 10.0. The number of thiophene rings is 1. The average molecular weight is 474 g/mol. The van der Waals surface area contributed by atoms with Gasteiger partial charge in [-0.05, 0) is 36.1 Å². The van der Waals surface area contributed by atoms with Gasteiger partial charge in [0, 0.05) is 48.3 Å². The van der Waals surface area contributed by atoms with Crippen LogP contribution in [0.3, 0.4) is 0 Å². The summed E-state index contributed by atoms with van der Waals surface area (Å²) in [4.78, 5) is 16.3. The molecule has 1 aliphatic heterocycles. The molecule has 3 N–H and O–H groups in total. The first-order valence-corrected chi connectivity index (χ1v) is 12.5. The fourth-order valence-electron chi connectivity index (χ4n) is 4.88. The van der Waals surface area contributed by atoms with Crippen LogP contribution in [0.1, 0.15) is 22.4 Å². The van der Waals surface area contributed by atoms with Gasteiger partial charge in [0.25, 0.3) is 0 Å². The molecule has 7 nitrogen and oxygen atoms in total. The maximum absolute atomic E-state index is 6.49. The van der Waals surface area contributed by atoms with Crippen molar-refractivity contribution in [3.63, 3.8) is 0 Å². The van der Waals surface area contributed by atoms with Gasteiger partial charge in [-0.15, -0.1) is 11.3 Å². The molecule has 8 heteroatoms. The van der Waals surface area contributed by atoms with E-state index in [9.17, 15) is 0 Å². The Labute approximate surface area is 202 Å². The molecule has 174 valence electrons. The van der Waals surface area contributed by atoms with Gasteiger partial charge in [0.15, 0.2) is 11.6 Å². The molecule has 2 aliphatic rings. The van der Waals surface area contributed by atoms with Crippen LogP contribution in [0.15, 0.2) is 54.9 Å². The second kappa shape index (κ2) is 9.03. The summed E-state index contributed by atoms with van der Waals surface area (Å²) in [6, 6.07) is 14.2. The number of nitrogens with one attached hydrogen (secondary N) is 1. The van der Waals surface area contributed by atoms with E-state index in [2.05, 4.69) is 22.4 Å². The number of ether oxygens (including phenoxy) is 2. The number of pyridine rings is 1. The predicted molar refractivity (Wildman–Crippen MR) is 134 cm³/mol. The first kappa shape index (κ1) is 21.6. The minimum atomic E-state index is -0.471. The molecule has 34 heavy (non-hydrogen) atoms. The molecule has 4 heterocycles. The summed E-state index contributed by atoms with van der Waals surface area (Å²) in [6.45, 7) is 1.95. The fraction of sp³-hybridized carbons (Fsp3) is 0.346. The number of fused-ring (bicyclic) bond motifs is 3. The minimum absolute atomic E-state index is 0.0326. The van der Waals surface area contributed by atoms with Crippen molar-refractivity contribution in [3.8, 4) is 11.4 Å². The summed E-state index contributed by atoms with van der Waals surface area (Å²) in [5, 5.41) is 4.68. The van der Waals surface area contributed by atoms with Gasteiger partial charge in [0.05, 0.1) is 18.6 Å². The number of rotatable bonds is 6. The van der Waals surface area contributed by atoms with Crippen LogP contribution >= 0.6 is 11.3 Å². The van der Waals surface area contributed by atoms with Crippen LogP contribution in [-0.2, 0) is 28.7 Å². The summed E-state index contributed by atoms with van der Waals surface area (Å²) >= 11 is 1.72. The maximum Gasteiger partial charge on any atom is 0.173 e. The minimum Gasteiger partial charge on any atom is -0.368 e.